The van der Waals surface area contributed by atoms with Crippen molar-refractivity contribution in [3.05, 3.63) is 30.1 Å². The first-order chi connectivity index (χ1) is 12.2. The number of likely N-dealkylation sites (tertiary alicyclic amines) is 1. The summed E-state index contributed by atoms with van der Waals surface area (Å²) in [6.45, 7) is 3.85. The maximum Gasteiger partial charge on any atom is 0.222 e. The zero-order valence-corrected chi connectivity index (χ0v) is 14.9. The predicted molar refractivity (Wildman–Crippen MR) is 93.8 cm³/mol. The molecule has 1 unspecified atom stereocenters. The fourth-order valence-electron chi connectivity index (χ4n) is 4.07. The first kappa shape index (κ1) is 17.0. The van der Waals surface area contributed by atoms with Crippen molar-refractivity contribution in [1.82, 2.24) is 9.88 Å². The Labute approximate surface area is 149 Å². The van der Waals surface area contributed by atoms with Gasteiger partial charge in [0.2, 0.25) is 5.91 Å². The van der Waals surface area contributed by atoms with Gasteiger partial charge in [0.05, 0.1) is 25.9 Å². The topological polar surface area (TPSA) is 51.7 Å². The van der Waals surface area contributed by atoms with Crippen LogP contribution in [0.25, 0.3) is 0 Å². The maximum absolute atomic E-state index is 12.3. The van der Waals surface area contributed by atoms with Gasteiger partial charge in [0.15, 0.2) is 0 Å². The molecule has 5 nitrogen and oxygen atoms in total. The van der Waals surface area contributed by atoms with Gasteiger partial charge < -0.3 is 14.4 Å². The second kappa shape index (κ2) is 7.42. The van der Waals surface area contributed by atoms with Gasteiger partial charge in [-0.2, -0.15) is 0 Å². The third-order valence-electron chi connectivity index (χ3n) is 5.92. The molecule has 1 aromatic rings. The SMILES string of the molecule is O=C(CC1CC1)N1CCC2(CC1)COC(COCc1cccnc1)C2. The molecule has 0 aromatic carbocycles. The minimum Gasteiger partial charge on any atom is -0.375 e. The number of amides is 1. The van der Waals surface area contributed by atoms with E-state index in [4.69, 9.17) is 9.47 Å². The molecular formula is C20H28N2O3. The molecule has 1 saturated carbocycles. The second-order valence-electron chi connectivity index (χ2n) is 8.04. The van der Waals surface area contributed by atoms with Gasteiger partial charge in [-0.05, 0) is 55.1 Å². The van der Waals surface area contributed by atoms with Crippen LogP contribution in [0.15, 0.2) is 24.5 Å². The first-order valence-corrected chi connectivity index (χ1v) is 9.58. The summed E-state index contributed by atoms with van der Waals surface area (Å²) in [5.74, 6) is 1.05. The van der Waals surface area contributed by atoms with Crippen LogP contribution < -0.4 is 0 Å². The number of hydrogen-bond acceptors (Lipinski definition) is 4. The minimum atomic E-state index is 0.186. The summed E-state index contributed by atoms with van der Waals surface area (Å²) in [6, 6.07) is 3.95. The number of nitrogens with zero attached hydrogens (tertiary/aromatic N) is 2. The quantitative estimate of drug-likeness (QED) is 0.796. The van der Waals surface area contributed by atoms with E-state index < -0.39 is 0 Å². The molecule has 1 amide bonds. The van der Waals surface area contributed by atoms with E-state index in [1.165, 1.54) is 12.8 Å². The molecule has 1 aromatic heterocycles. The molecule has 3 aliphatic rings. The highest BCUT2D eigenvalue weighted by Gasteiger charge is 2.43. The standard InChI is InChI=1S/C20H28N2O3/c23-19(10-16-3-4-16)22-8-5-20(6-9-22)11-18(25-15-20)14-24-13-17-2-1-7-21-12-17/h1-2,7,12,16,18H,3-6,8-11,13-15H2. The third-order valence-corrected chi connectivity index (χ3v) is 5.92. The van der Waals surface area contributed by atoms with Crippen molar-refractivity contribution in [1.29, 1.82) is 0 Å². The third kappa shape index (κ3) is 4.39. The summed E-state index contributed by atoms with van der Waals surface area (Å²) in [7, 11) is 0. The van der Waals surface area contributed by atoms with E-state index in [0.29, 0.717) is 25.0 Å². The summed E-state index contributed by atoms with van der Waals surface area (Å²) in [6.07, 6.45) is 10.3. The van der Waals surface area contributed by atoms with Gasteiger partial charge >= 0.3 is 0 Å². The van der Waals surface area contributed by atoms with Gasteiger partial charge in [-0.1, -0.05) is 6.07 Å². The van der Waals surface area contributed by atoms with Crippen molar-refractivity contribution >= 4 is 5.91 Å². The average molecular weight is 344 g/mol. The van der Waals surface area contributed by atoms with E-state index >= 15 is 0 Å². The molecule has 4 rings (SSSR count). The summed E-state index contributed by atoms with van der Waals surface area (Å²) in [4.78, 5) is 18.4. The number of carbonyl (C=O) groups excluding carboxylic acids is 1. The van der Waals surface area contributed by atoms with E-state index in [9.17, 15) is 4.79 Å². The van der Waals surface area contributed by atoms with Gasteiger partial charge in [0, 0.05) is 31.9 Å². The van der Waals surface area contributed by atoms with Gasteiger partial charge in [0.25, 0.3) is 0 Å². The lowest BCUT2D eigenvalue weighted by atomic mass is 9.76. The van der Waals surface area contributed by atoms with Crippen molar-refractivity contribution in [3.63, 3.8) is 0 Å². The summed E-state index contributed by atoms with van der Waals surface area (Å²) in [5, 5.41) is 0. The van der Waals surface area contributed by atoms with E-state index in [0.717, 1.165) is 50.9 Å². The molecule has 2 saturated heterocycles. The molecule has 136 valence electrons. The fourth-order valence-corrected chi connectivity index (χ4v) is 4.07. The first-order valence-electron chi connectivity index (χ1n) is 9.58. The molecule has 2 aliphatic heterocycles. The highest BCUT2D eigenvalue weighted by Crippen LogP contribution is 2.42. The zero-order chi connectivity index (χ0) is 17.1. The Kier molecular flexibility index (Phi) is 5.04. The number of piperidine rings is 1. The Balaban J connectivity index is 1.19. The number of aromatic nitrogens is 1. The molecule has 1 spiro atoms. The average Bonchev–Trinajstić information content (AvgIpc) is 3.37. The minimum absolute atomic E-state index is 0.186. The van der Waals surface area contributed by atoms with Gasteiger partial charge in [-0.3, -0.25) is 9.78 Å². The van der Waals surface area contributed by atoms with Crippen LogP contribution >= 0.6 is 0 Å². The van der Waals surface area contributed by atoms with E-state index in [1.807, 2.05) is 18.3 Å². The molecule has 3 heterocycles. The monoisotopic (exact) mass is 344 g/mol. The van der Waals surface area contributed by atoms with Gasteiger partial charge in [-0.25, -0.2) is 0 Å². The predicted octanol–water partition coefficient (Wildman–Crippen LogP) is 2.80. The van der Waals surface area contributed by atoms with Crippen LogP contribution in [-0.2, 0) is 20.9 Å². The Morgan fingerprint density at radius 1 is 1.36 bits per heavy atom. The van der Waals surface area contributed by atoms with Crippen LogP contribution in [-0.4, -0.2) is 48.2 Å². The van der Waals surface area contributed by atoms with Crippen molar-refractivity contribution in [2.75, 3.05) is 26.3 Å². The van der Waals surface area contributed by atoms with Crippen LogP contribution in [0, 0.1) is 11.3 Å². The lowest BCUT2D eigenvalue weighted by Gasteiger charge is -2.38. The number of pyridine rings is 1. The highest BCUT2D eigenvalue weighted by molar-refractivity contribution is 5.76. The summed E-state index contributed by atoms with van der Waals surface area (Å²) in [5.41, 5.74) is 1.36. The lowest BCUT2D eigenvalue weighted by molar-refractivity contribution is -0.133. The maximum atomic E-state index is 12.3. The Morgan fingerprint density at radius 3 is 2.92 bits per heavy atom. The molecule has 3 fully saturated rings. The van der Waals surface area contributed by atoms with Crippen LogP contribution in [0.4, 0.5) is 0 Å². The van der Waals surface area contributed by atoms with Crippen LogP contribution in [0.5, 0.6) is 0 Å². The normalized spacial score (nSPS) is 25.4. The molecule has 1 atom stereocenters. The molecule has 0 bridgehead atoms. The number of rotatable bonds is 6. The van der Waals surface area contributed by atoms with Crippen molar-refractivity contribution in [3.8, 4) is 0 Å². The van der Waals surface area contributed by atoms with Crippen LogP contribution in [0.2, 0.25) is 0 Å². The fraction of sp³-hybridized carbons (Fsp3) is 0.700. The van der Waals surface area contributed by atoms with E-state index in [1.54, 1.807) is 6.20 Å². The Morgan fingerprint density at radius 2 is 2.20 bits per heavy atom. The van der Waals surface area contributed by atoms with Crippen molar-refractivity contribution in [2.24, 2.45) is 11.3 Å². The van der Waals surface area contributed by atoms with Crippen molar-refractivity contribution < 1.29 is 14.3 Å². The molecule has 25 heavy (non-hydrogen) atoms. The second-order valence-corrected chi connectivity index (χ2v) is 8.04. The van der Waals surface area contributed by atoms with E-state index in [-0.39, 0.29) is 11.5 Å². The smallest absolute Gasteiger partial charge is 0.222 e. The highest BCUT2D eigenvalue weighted by atomic mass is 16.5. The molecule has 0 N–H and O–H groups in total. The van der Waals surface area contributed by atoms with Crippen LogP contribution in [0.3, 0.4) is 0 Å². The number of carbonyl (C=O) groups is 1. The molecule has 1 aliphatic carbocycles. The number of ether oxygens (including phenoxy) is 2. The zero-order valence-electron chi connectivity index (χ0n) is 14.9. The lowest BCUT2D eigenvalue weighted by Crippen LogP contribution is -2.43. The summed E-state index contributed by atoms with van der Waals surface area (Å²) < 4.78 is 11.8. The molecule has 0 radical (unpaired) electrons. The Hall–Kier alpha value is -1.46. The van der Waals surface area contributed by atoms with Gasteiger partial charge in [-0.15, -0.1) is 0 Å². The molecule has 5 heteroatoms. The summed E-state index contributed by atoms with van der Waals surface area (Å²) >= 11 is 0. The largest absolute Gasteiger partial charge is 0.375 e. The van der Waals surface area contributed by atoms with Crippen LogP contribution in [0.1, 0.15) is 44.1 Å². The molecular weight excluding hydrogens is 316 g/mol. The van der Waals surface area contributed by atoms with E-state index in [2.05, 4.69) is 9.88 Å². The van der Waals surface area contributed by atoms with Gasteiger partial charge in [0.1, 0.15) is 0 Å². The Bertz CT molecular complexity index is 580. The number of hydrogen-bond donors (Lipinski definition) is 0. The van der Waals surface area contributed by atoms with Crippen molar-refractivity contribution in [2.45, 2.75) is 51.2 Å².